The second-order valence-electron chi connectivity index (χ2n) is 5.44. The summed E-state index contributed by atoms with van der Waals surface area (Å²) in [6, 6.07) is 2.26. The molecule has 0 radical (unpaired) electrons. The summed E-state index contributed by atoms with van der Waals surface area (Å²) in [7, 11) is 0. The maximum absolute atomic E-state index is 3.56. The van der Waals surface area contributed by atoms with Crippen LogP contribution < -0.4 is 5.32 Å². The molecule has 1 aromatic heterocycles. The standard InChI is InChI=1S/C13H23NS/c1-10(9-14-13(3,4)5)8-12-6-7-15-11(12)2/h6-7,10,14H,8-9H2,1-5H3. The van der Waals surface area contributed by atoms with E-state index in [1.807, 2.05) is 11.3 Å². The summed E-state index contributed by atoms with van der Waals surface area (Å²) in [4.78, 5) is 1.47. The highest BCUT2D eigenvalue weighted by Gasteiger charge is 2.12. The predicted octanol–water partition coefficient (Wildman–Crippen LogP) is 3.62. The molecule has 1 N–H and O–H groups in total. The first-order valence-electron chi connectivity index (χ1n) is 5.66. The molecule has 0 spiro atoms. The SMILES string of the molecule is Cc1sccc1CC(C)CNC(C)(C)C. The Morgan fingerprint density at radius 3 is 2.53 bits per heavy atom. The van der Waals surface area contributed by atoms with Crippen LogP contribution in [0, 0.1) is 12.8 Å². The number of hydrogen-bond acceptors (Lipinski definition) is 2. The molecule has 0 aliphatic carbocycles. The van der Waals surface area contributed by atoms with Crippen LogP contribution in [0.15, 0.2) is 11.4 Å². The fraction of sp³-hybridized carbons (Fsp3) is 0.692. The van der Waals surface area contributed by atoms with Gasteiger partial charge in [-0.05, 0) is 63.6 Å². The molecule has 1 nitrogen and oxygen atoms in total. The molecule has 2 heteroatoms. The monoisotopic (exact) mass is 225 g/mol. The maximum Gasteiger partial charge on any atom is 0.00966 e. The van der Waals surface area contributed by atoms with Crippen molar-refractivity contribution in [1.29, 1.82) is 0 Å². The van der Waals surface area contributed by atoms with E-state index in [1.165, 1.54) is 16.9 Å². The Bertz CT molecular complexity index is 296. The third-order valence-corrected chi connectivity index (χ3v) is 3.40. The topological polar surface area (TPSA) is 12.0 Å². The smallest absolute Gasteiger partial charge is 0.00966 e. The molecule has 0 amide bonds. The molecule has 0 aliphatic heterocycles. The van der Waals surface area contributed by atoms with Crippen molar-refractivity contribution in [3.8, 4) is 0 Å². The highest BCUT2D eigenvalue weighted by atomic mass is 32.1. The van der Waals surface area contributed by atoms with E-state index in [0.29, 0.717) is 5.92 Å². The van der Waals surface area contributed by atoms with Crippen LogP contribution in [0.4, 0.5) is 0 Å². The van der Waals surface area contributed by atoms with Crippen LogP contribution in [0.25, 0.3) is 0 Å². The normalized spacial score (nSPS) is 14.2. The van der Waals surface area contributed by atoms with Crippen molar-refractivity contribution in [3.05, 3.63) is 21.9 Å². The number of hydrogen-bond donors (Lipinski definition) is 1. The van der Waals surface area contributed by atoms with Gasteiger partial charge in [-0.25, -0.2) is 0 Å². The van der Waals surface area contributed by atoms with Crippen LogP contribution >= 0.6 is 11.3 Å². The van der Waals surface area contributed by atoms with Crippen molar-refractivity contribution in [1.82, 2.24) is 5.32 Å². The largest absolute Gasteiger partial charge is 0.312 e. The minimum Gasteiger partial charge on any atom is -0.312 e. The Morgan fingerprint density at radius 1 is 1.40 bits per heavy atom. The van der Waals surface area contributed by atoms with Crippen LogP contribution in [0.1, 0.15) is 38.1 Å². The van der Waals surface area contributed by atoms with Gasteiger partial charge in [-0.15, -0.1) is 11.3 Å². The number of aryl methyl sites for hydroxylation is 1. The molecule has 0 saturated heterocycles. The molecule has 1 rings (SSSR count). The first kappa shape index (κ1) is 12.7. The van der Waals surface area contributed by atoms with Gasteiger partial charge in [0.05, 0.1) is 0 Å². The molecule has 0 fully saturated rings. The average molecular weight is 225 g/mol. The van der Waals surface area contributed by atoms with Crippen LogP contribution in [-0.2, 0) is 6.42 Å². The Kier molecular flexibility index (Phi) is 4.35. The van der Waals surface area contributed by atoms with Gasteiger partial charge in [0.2, 0.25) is 0 Å². The Hall–Kier alpha value is -0.340. The van der Waals surface area contributed by atoms with Gasteiger partial charge in [-0.2, -0.15) is 0 Å². The molecule has 0 saturated carbocycles. The molecule has 1 atom stereocenters. The van der Waals surface area contributed by atoms with Crippen molar-refractivity contribution in [2.45, 2.75) is 46.6 Å². The Balaban J connectivity index is 2.37. The zero-order valence-electron chi connectivity index (χ0n) is 10.6. The lowest BCUT2D eigenvalue weighted by Crippen LogP contribution is -2.39. The molecule has 0 bridgehead atoms. The van der Waals surface area contributed by atoms with Gasteiger partial charge in [0.1, 0.15) is 0 Å². The number of nitrogens with one attached hydrogen (secondary N) is 1. The molecule has 0 aliphatic rings. The van der Waals surface area contributed by atoms with E-state index in [0.717, 1.165) is 6.54 Å². The molecule has 86 valence electrons. The number of thiophene rings is 1. The Labute approximate surface area is 97.9 Å². The van der Waals surface area contributed by atoms with Crippen LogP contribution in [0.2, 0.25) is 0 Å². The summed E-state index contributed by atoms with van der Waals surface area (Å²) < 4.78 is 0. The predicted molar refractivity (Wildman–Crippen MR) is 69.7 cm³/mol. The van der Waals surface area contributed by atoms with Crippen molar-refractivity contribution < 1.29 is 0 Å². The van der Waals surface area contributed by atoms with Gasteiger partial charge in [-0.1, -0.05) is 6.92 Å². The lowest BCUT2D eigenvalue weighted by atomic mass is 10.0. The first-order valence-corrected chi connectivity index (χ1v) is 6.54. The molecule has 1 unspecified atom stereocenters. The third kappa shape index (κ3) is 4.80. The minimum absolute atomic E-state index is 0.234. The zero-order chi connectivity index (χ0) is 11.5. The van der Waals surface area contributed by atoms with E-state index in [9.17, 15) is 0 Å². The molecule has 15 heavy (non-hydrogen) atoms. The fourth-order valence-electron chi connectivity index (χ4n) is 1.55. The lowest BCUT2D eigenvalue weighted by Gasteiger charge is -2.23. The van der Waals surface area contributed by atoms with Gasteiger partial charge in [0.15, 0.2) is 0 Å². The molecule has 1 aromatic rings. The van der Waals surface area contributed by atoms with Crippen LogP contribution in [0.5, 0.6) is 0 Å². The van der Waals surface area contributed by atoms with E-state index in [4.69, 9.17) is 0 Å². The highest BCUT2D eigenvalue weighted by Crippen LogP contribution is 2.18. The van der Waals surface area contributed by atoms with Crippen molar-refractivity contribution in [2.24, 2.45) is 5.92 Å². The molecular weight excluding hydrogens is 202 g/mol. The summed E-state index contributed by atoms with van der Waals surface area (Å²) in [5.41, 5.74) is 1.75. The summed E-state index contributed by atoms with van der Waals surface area (Å²) in [6.07, 6.45) is 1.19. The van der Waals surface area contributed by atoms with Gasteiger partial charge >= 0.3 is 0 Å². The van der Waals surface area contributed by atoms with E-state index >= 15 is 0 Å². The first-order chi connectivity index (χ1) is 6.88. The summed E-state index contributed by atoms with van der Waals surface area (Å²) in [6.45, 7) is 12.3. The van der Waals surface area contributed by atoms with Crippen molar-refractivity contribution >= 4 is 11.3 Å². The maximum atomic E-state index is 3.56. The zero-order valence-corrected chi connectivity index (χ0v) is 11.4. The van der Waals surface area contributed by atoms with E-state index < -0.39 is 0 Å². The minimum atomic E-state index is 0.234. The molecular formula is C13H23NS. The summed E-state index contributed by atoms with van der Waals surface area (Å²) in [5, 5.41) is 5.75. The Morgan fingerprint density at radius 2 is 2.07 bits per heavy atom. The number of rotatable bonds is 4. The molecule has 0 aromatic carbocycles. The van der Waals surface area contributed by atoms with Crippen molar-refractivity contribution in [2.75, 3.05) is 6.54 Å². The van der Waals surface area contributed by atoms with E-state index in [2.05, 4.69) is 51.4 Å². The quantitative estimate of drug-likeness (QED) is 0.825. The van der Waals surface area contributed by atoms with Gasteiger partial charge in [0.25, 0.3) is 0 Å². The highest BCUT2D eigenvalue weighted by molar-refractivity contribution is 7.10. The van der Waals surface area contributed by atoms with E-state index in [1.54, 1.807) is 0 Å². The fourth-order valence-corrected chi connectivity index (χ4v) is 2.29. The third-order valence-electron chi connectivity index (χ3n) is 2.52. The lowest BCUT2D eigenvalue weighted by molar-refractivity contribution is 0.381. The second kappa shape index (κ2) is 5.13. The van der Waals surface area contributed by atoms with Crippen LogP contribution in [0.3, 0.4) is 0 Å². The summed E-state index contributed by atoms with van der Waals surface area (Å²) >= 11 is 1.85. The van der Waals surface area contributed by atoms with Gasteiger partial charge in [0, 0.05) is 10.4 Å². The van der Waals surface area contributed by atoms with Gasteiger partial charge in [-0.3, -0.25) is 0 Å². The van der Waals surface area contributed by atoms with Crippen LogP contribution in [-0.4, -0.2) is 12.1 Å². The molecule has 1 heterocycles. The summed E-state index contributed by atoms with van der Waals surface area (Å²) in [5.74, 6) is 0.706. The van der Waals surface area contributed by atoms with Crippen molar-refractivity contribution in [3.63, 3.8) is 0 Å². The average Bonchev–Trinajstić information content (AvgIpc) is 2.47. The van der Waals surface area contributed by atoms with E-state index in [-0.39, 0.29) is 5.54 Å². The second-order valence-corrected chi connectivity index (χ2v) is 6.56. The van der Waals surface area contributed by atoms with Gasteiger partial charge < -0.3 is 5.32 Å².